The van der Waals surface area contributed by atoms with Gasteiger partial charge < -0.3 is 16.0 Å². The van der Waals surface area contributed by atoms with Crippen LogP contribution in [-0.2, 0) is 10.0 Å². The molecular weight excluding hydrogens is 476 g/mol. The summed E-state index contributed by atoms with van der Waals surface area (Å²) in [6.45, 7) is 3.76. The Morgan fingerprint density at radius 2 is 1.85 bits per heavy atom. The van der Waals surface area contributed by atoms with Crippen molar-refractivity contribution in [2.45, 2.75) is 17.9 Å². The molecule has 1 fully saturated rings. The summed E-state index contributed by atoms with van der Waals surface area (Å²) in [5, 5.41) is 2.74. The fourth-order valence-corrected chi connectivity index (χ4v) is 5.50. The molecule has 11 heteroatoms. The molecule has 1 unspecified atom stereocenters. The van der Waals surface area contributed by atoms with Gasteiger partial charge >= 0.3 is 0 Å². The lowest BCUT2D eigenvalue weighted by Gasteiger charge is -2.37. The minimum Gasteiger partial charge on any atom is -0.383 e. The van der Waals surface area contributed by atoms with E-state index in [-0.39, 0.29) is 34.7 Å². The zero-order valence-electron chi connectivity index (χ0n) is 18.9. The van der Waals surface area contributed by atoms with E-state index in [0.29, 0.717) is 30.9 Å². The standard InChI is InChI=1S/C23H26N6O3S.ClH/c1-16-15-28(2)10-11-29(16)33(31,32)20-7-5-17(6-8-20)18-12-21(22(24)26-13-18)23(30)27-19-4-3-9-25-14-19;/h3-9,12-14,16H,10-11,15H2,1-2H3,(H2,24,26)(H,27,30);1H. The van der Waals surface area contributed by atoms with Crippen LogP contribution in [0.3, 0.4) is 0 Å². The molecule has 0 aliphatic carbocycles. The molecule has 1 amide bonds. The molecule has 3 aromatic rings. The Bertz CT molecular complexity index is 1260. The predicted molar refractivity (Wildman–Crippen MR) is 134 cm³/mol. The second-order valence-corrected chi connectivity index (χ2v) is 9.99. The van der Waals surface area contributed by atoms with E-state index in [2.05, 4.69) is 20.2 Å². The highest BCUT2D eigenvalue weighted by molar-refractivity contribution is 7.89. The molecule has 0 bridgehead atoms. The van der Waals surface area contributed by atoms with Gasteiger partial charge in [-0.2, -0.15) is 4.31 Å². The lowest BCUT2D eigenvalue weighted by atomic mass is 10.1. The molecule has 34 heavy (non-hydrogen) atoms. The van der Waals surface area contributed by atoms with E-state index in [1.54, 1.807) is 59.2 Å². The van der Waals surface area contributed by atoms with Crippen molar-refractivity contribution in [1.82, 2.24) is 19.2 Å². The number of carbonyl (C=O) groups is 1. The molecule has 1 saturated heterocycles. The van der Waals surface area contributed by atoms with E-state index in [1.165, 1.54) is 6.20 Å². The quantitative estimate of drug-likeness (QED) is 0.550. The lowest BCUT2D eigenvalue weighted by molar-refractivity contribution is 0.102. The van der Waals surface area contributed by atoms with Gasteiger partial charge in [-0.05, 0) is 49.9 Å². The van der Waals surface area contributed by atoms with E-state index >= 15 is 0 Å². The first-order chi connectivity index (χ1) is 15.8. The SMILES string of the molecule is CC1CN(C)CCN1S(=O)(=O)c1ccc(-c2cnc(N)c(C(=O)Nc3cccnc3)c2)cc1.Cl. The summed E-state index contributed by atoms with van der Waals surface area (Å²) in [6, 6.07) is 11.6. The largest absolute Gasteiger partial charge is 0.383 e. The molecular formula is C23H27ClN6O3S. The Labute approximate surface area is 205 Å². The third-order valence-corrected chi connectivity index (χ3v) is 7.67. The third-order valence-electron chi connectivity index (χ3n) is 5.65. The van der Waals surface area contributed by atoms with Crippen LogP contribution in [0.5, 0.6) is 0 Å². The number of nitrogens with zero attached hydrogens (tertiary/aromatic N) is 4. The molecule has 4 rings (SSSR count). The van der Waals surface area contributed by atoms with Crippen LogP contribution in [0.25, 0.3) is 11.1 Å². The van der Waals surface area contributed by atoms with Gasteiger partial charge in [-0.15, -0.1) is 12.4 Å². The highest BCUT2D eigenvalue weighted by atomic mass is 35.5. The van der Waals surface area contributed by atoms with Crippen LogP contribution < -0.4 is 11.1 Å². The monoisotopic (exact) mass is 502 g/mol. The number of sulfonamides is 1. The smallest absolute Gasteiger partial charge is 0.259 e. The normalized spacial score (nSPS) is 17.1. The Morgan fingerprint density at radius 1 is 1.12 bits per heavy atom. The number of piperazine rings is 1. The van der Waals surface area contributed by atoms with Crippen molar-refractivity contribution in [2.24, 2.45) is 0 Å². The number of nitrogens with two attached hydrogens (primary N) is 1. The fourth-order valence-electron chi connectivity index (χ4n) is 3.89. The molecule has 0 radical (unpaired) electrons. The second-order valence-electron chi connectivity index (χ2n) is 8.10. The average molecular weight is 503 g/mol. The van der Waals surface area contributed by atoms with Gasteiger partial charge in [-0.3, -0.25) is 9.78 Å². The van der Waals surface area contributed by atoms with Gasteiger partial charge in [0.15, 0.2) is 0 Å². The maximum Gasteiger partial charge on any atom is 0.259 e. The van der Waals surface area contributed by atoms with Crippen LogP contribution in [-0.4, -0.2) is 66.2 Å². The van der Waals surface area contributed by atoms with Gasteiger partial charge in [0, 0.05) is 43.6 Å². The van der Waals surface area contributed by atoms with Crippen LogP contribution in [0.1, 0.15) is 17.3 Å². The lowest BCUT2D eigenvalue weighted by Crippen LogP contribution is -2.52. The number of benzene rings is 1. The van der Waals surface area contributed by atoms with Crippen LogP contribution in [0.4, 0.5) is 11.5 Å². The number of hydrogen-bond donors (Lipinski definition) is 2. The van der Waals surface area contributed by atoms with Crippen molar-refractivity contribution >= 4 is 39.8 Å². The van der Waals surface area contributed by atoms with Gasteiger partial charge in [0.05, 0.1) is 22.3 Å². The highest BCUT2D eigenvalue weighted by Crippen LogP contribution is 2.26. The number of rotatable bonds is 5. The number of likely N-dealkylation sites (N-methyl/N-ethyl adjacent to an activating group) is 1. The molecule has 1 aliphatic heterocycles. The van der Waals surface area contributed by atoms with Crippen molar-refractivity contribution < 1.29 is 13.2 Å². The molecule has 9 nitrogen and oxygen atoms in total. The number of aromatic nitrogens is 2. The van der Waals surface area contributed by atoms with Gasteiger partial charge in [-0.1, -0.05) is 12.1 Å². The topological polar surface area (TPSA) is 122 Å². The molecule has 1 aromatic carbocycles. The predicted octanol–water partition coefficient (Wildman–Crippen LogP) is 2.72. The van der Waals surface area contributed by atoms with Crippen molar-refractivity contribution in [2.75, 3.05) is 37.7 Å². The van der Waals surface area contributed by atoms with E-state index in [4.69, 9.17) is 5.73 Å². The van der Waals surface area contributed by atoms with Crippen molar-refractivity contribution in [1.29, 1.82) is 0 Å². The number of nitrogens with one attached hydrogen (secondary N) is 1. The molecule has 0 spiro atoms. The Morgan fingerprint density at radius 3 is 2.50 bits per heavy atom. The van der Waals surface area contributed by atoms with E-state index in [0.717, 1.165) is 5.56 Å². The number of anilines is 2. The summed E-state index contributed by atoms with van der Waals surface area (Å²) in [5.74, 6) is -0.304. The second kappa shape index (κ2) is 10.5. The molecule has 180 valence electrons. The molecule has 0 saturated carbocycles. The summed E-state index contributed by atoms with van der Waals surface area (Å²) < 4.78 is 27.8. The van der Waals surface area contributed by atoms with Crippen molar-refractivity contribution in [3.8, 4) is 11.1 Å². The maximum atomic E-state index is 13.1. The first-order valence-corrected chi connectivity index (χ1v) is 12.0. The summed E-state index contributed by atoms with van der Waals surface area (Å²) >= 11 is 0. The summed E-state index contributed by atoms with van der Waals surface area (Å²) in [7, 11) is -1.61. The van der Waals surface area contributed by atoms with Crippen molar-refractivity contribution in [3.05, 3.63) is 66.6 Å². The first kappa shape index (κ1) is 25.6. The third kappa shape index (κ3) is 5.36. The van der Waals surface area contributed by atoms with E-state index < -0.39 is 15.9 Å². The summed E-state index contributed by atoms with van der Waals surface area (Å²) in [4.78, 5) is 23.2. The molecule has 2 aromatic heterocycles. The number of halogens is 1. The molecule has 3 heterocycles. The van der Waals surface area contributed by atoms with Crippen LogP contribution in [0, 0.1) is 0 Å². The number of nitrogen functional groups attached to an aromatic ring is 1. The number of hydrogen-bond acceptors (Lipinski definition) is 7. The minimum absolute atomic E-state index is 0. The Balaban J connectivity index is 0.00000324. The average Bonchev–Trinajstić information content (AvgIpc) is 2.80. The van der Waals surface area contributed by atoms with E-state index in [9.17, 15) is 13.2 Å². The molecule has 3 N–H and O–H groups in total. The molecule has 1 aliphatic rings. The fraction of sp³-hybridized carbons (Fsp3) is 0.261. The highest BCUT2D eigenvalue weighted by Gasteiger charge is 2.32. The van der Waals surface area contributed by atoms with Crippen LogP contribution >= 0.6 is 12.4 Å². The van der Waals surface area contributed by atoms with E-state index in [1.807, 2.05) is 14.0 Å². The first-order valence-electron chi connectivity index (χ1n) is 10.5. The van der Waals surface area contributed by atoms with Gasteiger partial charge in [0.1, 0.15) is 5.82 Å². The van der Waals surface area contributed by atoms with Gasteiger partial charge in [0.2, 0.25) is 10.0 Å². The number of carbonyl (C=O) groups excluding carboxylic acids is 1. The van der Waals surface area contributed by atoms with Gasteiger partial charge in [0.25, 0.3) is 5.91 Å². The number of pyridine rings is 2. The van der Waals surface area contributed by atoms with Gasteiger partial charge in [-0.25, -0.2) is 13.4 Å². The number of amides is 1. The summed E-state index contributed by atoms with van der Waals surface area (Å²) in [5.41, 5.74) is 8.07. The maximum absolute atomic E-state index is 13.1. The zero-order chi connectivity index (χ0) is 23.6. The van der Waals surface area contributed by atoms with Crippen LogP contribution in [0.15, 0.2) is 66.0 Å². The zero-order valence-corrected chi connectivity index (χ0v) is 20.5. The minimum atomic E-state index is -3.60. The Kier molecular flexibility index (Phi) is 7.88. The molecule has 1 atom stereocenters. The van der Waals surface area contributed by atoms with Crippen molar-refractivity contribution in [3.63, 3.8) is 0 Å². The summed E-state index contributed by atoms with van der Waals surface area (Å²) in [6.07, 6.45) is 4.70. The van der Waals surface area contributed by atoms with Crippen LogP contribution in [0.2, 0.25) is 0 Å². The Hall–Kier alpha value is -3.05.